The molecule has 0 aliphatic carbocycles. The molecule has 2 aromatic heterocycles. The number of imidazole rings is 1. The van der Waals surface area contributed by atoms with E-state index in [0.29, 0.717) is 0 Å². The van der Waals surface area contributed by atoms with E-state index >= 15 is 0 Å². The fourth-order valence-electron chi connectivity index (χ4n) is 2.00. The Labute approximate surface area is 84.0 Å². The number of fused-ring (bicyclic) bond motifs is 4. The van der Waals surface area contributed by atoms with Gasteiger partial charge in [0.15, 0.2) is 0 Å². The van der Waals surface area contributed by atoms with E-state index in [0.717, 1.165) is 34.3 Å². The van der Waals surface area contributed by atoms with Gasteiger partial charge in [0.05, 0.1) is 11.0 Å². The highest BCUT2D eigenvalue weighted by atomic mass is 16.6. The zero-order valence-corrected chi connectivity index (χ0v) is 7.71. The van der Waals surface area contributed by atoms with Crippen LogP contribution in [0.4, 0.5) is 0 Å². The van der Waals surface area contributed by atoms with E-state index in [1.165, 1.54) is 0 Å². The molecule has 0 N–H and O–H groups in total. The molecule has 0 radical (unpaired) electrons. The second-order valence-corrected chi connectivity index (χ2v) is 3.58. The molecule has 0 unspecified atom stereocenters. The average molecular weight is 198 g/mol. The maximum atomic E-state index is 4.67. The third kappa shape index (κ3) is 0.799. The van der Waals surface area contributed by atoms with E-state index in [2.05, 4.69) is 30.6 Å². The van der Waals surface area contributed by atoms with E-state index in [1.54, 1.807) is 0 Å². The summed E-state index contributed by atoms with van der Waals surface area (Å²) in [7, 11) is 0. The lowest BCUT2D eigenvalue weighted by molar-refractivity contribution is 0.315. The van der Waals surface area contributed by atoms with Gasteiger partial charge in [-0.05, 0) is 22.4 Å². The van der Waals surface area contributed by atoms with Crippen LogP contribution < -0.4 is 0 Å². The maximum absolute atomic E-state index is 4.67. The molecule has 5 heteroatoms. The summed E-state index contributed by atoms with van der Waals surface area (Å²) in [6.07, 6.45) is 5.02. The third-order valence-electron chi connectivity index (χ3n) is 2.69. The summed E-state index contributed by atoms with van der Waals surface area (Å²) in [6, 6.07) is 3.85. The van der Waals surface area contributed by atoms with Crippen LogP contribution in [0.5, 0.6) is 0 Å². The number of benzene rings is 1. The van der Waals surface area contributed by atoms with Gasteiger partial charge in [-0.2, -0.15) is 0 Å². The quantitative estimate of drug-likeness (QED) is 0.550. The minimum Gasteiger partial charge on any atom is -0.303 e. The summed E-state index contributed by atoms with van der Waals surface area (Å²) in [5.41, 5.74) is 3.52. The predicted octanol–water partition coefficient (Wildman–Crippen LogP) is 1.60. The van der Waals surface area contributed by atoms with Crippen LogP contribution in [0.1, 0.15) is 5.82 Å². The van der Waals surface area contributed by atoms with Gasteiger partial charge in [-0.3, -0.25) is 0 Å². The monoisotopic (exact) mass is 198 g/mol. The Balaban J connectivity index is 2.25. The first-order valence-corrected chi connectivity index (χ1v) is 4.71. The van der Waals surface area contributed by atoms with Crippen LogP contribution in [0, 0.1) is 0 Å². The summed E-state index contributed by atoms with van der Waals surface area (Å²) in [4.78, 5) is 4.51. The zero-order chi connectivity index (χ0) is 9.83. The van der Waals surface area contributed by atoms with Crippen LogP contribution in [-0.4, -0.2) is 19.9 Å². The molecule has 0 amide bonds. The molecule has 0 fully saturated rings. The minimum atomic E-state index is 0.753. The molecule has 3 aromatic rings. The number of nitrogens with zero attached hydrogens (tertiary/aromatic N) is 4. The highest BCUT2D eigenvalue weighted by Crippen LogP contribution is 2.24. The number of hydrogen-bond donors (Lipinski definition) is 0. The molecule has 1 aromatic carbocycles. The Morgan fingerprint density at radius 1 is 1.13 bits per heavy atom. The molecule has 1 aliphatic rings. The van der Waals surface area contributed by atoms with Crippen molar-refractivity contribution in [1.82, 2.24) is 19.9 Å². The van der Waals surface area contributed by atoms with Gasteiger partial charge in [-0.25, -0.2) is 9.61 Å². The molecule has 0 saturated carbocycles. The predicted molar refractivity (Wildman–Crippen MR) is 54.1 cm³/mol. The molecule has 0 atom stereocenters. The van der Waals surface area contributed by atoms with Gasteiger partial charge in [-0.15, -0.1) is 0 Å². The fourth-order valence-corrected chi connectivity index (χ4v) is 2.00. The molecule has 15 heavy (non-hydrogen) atoms. The topological polar surface area (TPSA) is 56.7 Å². The smallest absolute Gasteiger partial charge is 0.137 e. The molecule has 72 valence electrons. The first kappa shape index (κ1) is 7.17. The number of aromatic nitrogens is 4. The highest BCUT2D eigenvalue weighted by molar-refractivity contribution is 5.92. The van der Waals surface area contributed by atoms with Crippen LogP contribution in [0.25, 0.3) is 28.3 Å². The van der Waals surface area contributed by atoms with Gasteiger partial charge in [0, 0.05) is 12.6 Å². The van der Waals surface area contributed by atoms with Crippen molar-refractivity contribution < 1.29 is 4.63 Å². The Morgan fingerprint density at radius 3 is 2.93 bits per heavy atom. The van der Waals surface area contributed by atoms with Crippen LogP contribution in [0.3, 0.4) is 0 Å². The molecule has 5 nitrogen and oxygen atoms in total. The number of hydrogen-bond acceptors (Lipinski definition) is 4. The van der Waals surface area contributed by atoms with Gasteiger partial charge in [-0.1, -0.05) is 6.08 Å². The molecule has 4 rings (SSSR count). The van der Waals surface area contributed by atoms with Crippen molar-refractivity contribution in [2.24, 2.45) is 0 Å². The Bertz CT molecular complexity index is 707. The SMILES string of the molecule is C1=Cn2c(nc3cc4nonc4cc32)C1. The highest BCUT2D eigenvalue weighted by Gasteiger charge is 2.13. The number of allylic oxidation sites excluding steroid dienone is 1. The van der Waals surface area contributed by atoms with Crippen molar-refractivity contribution in [2.45, 2.75) is 6.42 Å². The maximum Gasteiger partial charge on any atom is 0.137 e. The second kappa shape index (κ2) is 2.25. The van der Waals surface area contributed by atoms with E-state index in [-0.39, 0.29) is 0 Å². The standard InChI is InChI=1S/C10H6N4O/c1-2-10-11-8-4-6-7(13-15-12-6)5-9(8)14(10)3-1/h1,3-5H,2H2. The van der Waals surface area contributed by atoms with Crippen LogP contribution in [0.2, 0.25) is 0 Å². The second-order valence-electron chi connectivity index (χ2n) is 3.58. The lowest BCUT2D eigenvalue weighted by Crippen LogP contribution is -1.86. The third-order valence-corrected chi connectivity index (χ3v) is 2.69. The van der Waals surface area contributed by atoms with Crippen molar-refractivity contribution in [2.75, 3.05) is 0 Å². The van der Waals surface area contributed by atoms with Crippen LogP contribution in [-0.2, 0) is 6.42 Å². The minimum absolute atomic E-state index is 0.753. The summed E-state index contributed by atoms with van der Waals surface area (Å²) in [5.74, 6) is 1.06. The normalized spacial score (nSPS) is 14.1. The van der Waals surface area contributed by atoms with Crippen LogP contribution >= 0.6 is 0 Å². The van der Waals surface area contributed by atoms with E-state index < -0.39 is 0 Å². The summed E-state index contributed by atoms with van der Waals surface area (Å²) in [5, 5.41) is 7.62. The average Bonchev–Trinajstić information content (AvgIpc) is 2.86. The Hall–Kier alpha value is -2.17. The van der Waals surface area contributed by atoms with E-state index in [1.807, 2.05) is 18.3 Å². The van der Waals surface area contributed by atoms with Crippen molar-refractivity contribution in [1.29, 1.82) is 0 Å². The van der Waals surface area contributed by atoms with Crippen molar-refractivity contribution in [3.63, 3.8) is 0 Å². The van der Waals surface area contributed by atoms with E-state index in [4.69, 9.17) is 0 Å². The lowest BCUT2D eigenvalue weighted by Gasteiger charge is -1.93. The molecular formula is C10H6N4O. The zero-order valence-electron chi connectivity index (χ0n) is 7.71. The lowest BCUT2D eigenvalue weighted by atomic mass is 10.3. The molecule has 0 spiro atoms. The fraction of sp³-hybridized carbons (Fsp3) is 0.100. The summed E-state index contributed by atoms with van der Waals surface area (Å²) < 4.78 is 6.74. The molecular weight excluding hydrogens is 192 g/mol. The van der Waals surface area contributed by atoms with Gasteiger partial charge >= 0.3 is 0 Å². The Morgan fingerprint density at radius 2 is 2.00 bits per heavy atom. The molecule has 0 bridgehead atoms. The first-order valence-electron chi connectivity index (χ1n) is 4.71. The van der Waals surface area contributed by atoms with Crippen molar-refractivity contribution in [3.8, 4) is 0 Å². The molecule has 3 heterocycles. The Kier molecular flexibility index (Phi) is 1.08. The van der Waals surface area contributed by atoms with Crippen molar-refractivity contribution >= 4 is 28.3 Å². The summed E-state index contributed by atoms with van der Waals surface area (Å²) >= 11 is 0. The van der Waals surface area contributed by atoms with Crippen LogP contribution in [0.15, 0.2) is 22.8 Å². The molecule has 0 saturated heterocycles. The van der Waals surface area contributed by atoms with Gasteiger partial charge in [0.2, 0.25) is 0 Å². The van der Waals surface area contributed by atoms with Crippen molar-refractivity contribution in [3.05, 3.63) is 24.0 Å². The summed E-state index contributed by atoms with van der Waals surface area (Å²) in [6.45, 7) is 0. The van der Waals surface area contributed by atoms with Gasteiger partial charge in [0.25, 0.3) is 0 Å². The van der Waals surface area contributed by atoms with E-state index in [9.17, 15) is 0 Å². The van der Waals surface area contributed by atoms with Gasteiger partial charge < -0.3 is 4.57 Å². The molecule has 1 aliphatic heterocycles. The van der Waals surface area contributed by atoms with Gasteiger partial charge in [0.1, 0.15) is 16.9 Å². The number of rotatable bonds is 0. The first-order chi connectivity index (χ1) is 7.42. The largest absolute Gasteiger partial charge is 0.303 e.